The maximum Gasteiger partial charge on any atom is 0.161 e. The molecular formula is C17H27NO3. The normalized spacial score (nSPS) is 16.3. The van der Waals surface area contributed by atoms with Gasteiger partial charge in [0, 0.05) is 20.1 Å². The van der Waals surface area contributed by atoms with Crippen LogP contribution in [-0.4, -0.2) is 34.0 Å². The zero-order valence-electron chi connectivity index (χ0n) is 13.1. The van der Waals surface area contributed by atoms with E-state index in [0.717, 1.165) is 23.8 Å². The fourth-order valence-corrected chi connectivity index (χ4v) is 2.87. The highest BCUT2D eigenvalue weighted by Crippen LogP contribution is 2.41. The van der Waals surface area contributed by atoms with Gasteiger partial charge in [0.05, 0.1) is 13.7 Å². The van der Waals surface area contributed by atoms with Crippen molar-refractivity contribution in [3.8, 4) is 11.5 Å². The van der Waals surface area contributed by atoms with Crippen molar-refractivity contribution < 1.29 is 14.2 Å². The first-order valence-electron chi connectivity index (χ1n) is 7.80. The molecule has 1 aromatic rings. The van der Waals surface area contributed by atoms with Gasteiger partial charge >= 0.3 is 0 Å². The van der Waals surface area contributed by atoms with Crippen molar-refractivity contribution in [2.45, 2.75) is 31.6 Å². The molecule has 0 spiro atoms. The zero-order chi connectivity index (χ0) is 15.1. The van der Waals surface area contributed by atoms with E-state index in [0.29, 0.717) is 25.7 Å². The van der Waals surface area contributed by atoms with Gasteiger partial charge in [0.2, 0.25) is 0 Å². The van der Waals surface area contributed by atoms with Crippen LogP contribution in [0.2, 0.25) is 0 Å². The Labute approximate surface area is 127 Å². The lowest BCUT2D eigenvalue weighted by Crippen LogP contribution is -2.26. The topological polar surface area (TPSA) is 53.7 Å². The maximum atomic E-state index is 5.99. The van der Waals surface area contributed by atoms with Gasteiger partial charge in [-0.3, -0.25) is 0 Å². The Morgan fingerprint density at radius 3 is 2.57 bits per heavy atom. The van der Waals surface area contributed by atoms with Gasteiger partial charge in [-0.2, -0.15) is 0 Å². The van der Waals surface area contributed by atoms with Crippen molar-refractivity contribution >= 4 is 0 Å². The van der Waals surface area contributed by atoms with Gasteiger partial charge in [0.25, 0.3) is 0 Å². The molecule has 118 valence electrons. The van der Waals surface area contributed by atoms with Gasteiger partial charge in [0.15, 0.2) is 11.5 Å². The SMILES string of the molecule is COCCCOc1cc(C(CN)C2CCC2)ccc1OC. The van der Waals surface area contributed by atoms with Crippen LogP contribution in [0.4, 0.5) is 0 Å². The molecule has 1 unspecified atom stereocenters. The summed E-state index contributed by atoms with van der Waals surface area (Å²) < 4.78 is 16.3. The first-order chi connectivity index (χ1) is 10.3. The van der Waals surface area contributed by atoms with Crippen molar-refractivity contribution in [3.05, 3.63) is 23.8 Å². The molecule has 21 heavy (non-hydrogen) atoms. The first-order valence-corrected chi connectivity index (χ1v) is 7.80. The highest BCUT2D eigenvalue weighted by atomic mass is 16.5. The highest BCUT2D eigenvalue weighted by molar-refractivity contribution is 5.44. The molecule has 4 nitrogen and oxygen atoms in total. The number of benzene rings is 1. The van der Waals surface area contributed by atoms with Crippen LogP contribution in [0.5, 0.6) is 11.5 Å². The predicted molar refractivity (Wildman–Crippen MR) is 84.1 cm³/mol. The molecule has 0 radical (unpaired) electrons. The minimum atomic E-state index is 0.436. The minimum Gasteiger partial charge on any atom is -0.493 e. The number of methoxy groups -OCH3 is 2. The van der Waals surface area contributed by atoms with Gasteiger partial charge < -0.3 is 19.9 Å². The zero-order valence-corrected chi connectivity index (χ0v) is 13.1. The molecule has 2 rings (SSSR count). The number of rotatable bonds is 9. The minimum absolute atomic E-state index is 0.436. The summed E-state index contributed by atoms with van der Waals surface area (Å²) in [6, 6.07) is 6.21. The number of hydrogen-bond donors (Lipinski definition) is 1. The summed E-state index contributed by atoms with van der Waals surface area (Å²) in [6.07, 6.45) is 4.78. The molecule has 0 bridgehead atoms. The average Bonchev–Trinajstić information content (AvgIpc) is 2.47. The Bertz CT molecular complexity index is 432. The lowest BCUT2D eigenvalue weighted by molar-refractivity contribution is 0.170. The second kappa shape index (κ2) is 8.25. The molecule has 1 aliphatic rings. The largest absolute Gasteiger partial charge is 0.493 e. The van der Waals surface area contributed by atoms with Gasteiger partial charge in [-0.05, 0) is 48.9 Å². The molecular weight excluding hydrogens is 266 g/mol. The third-order valence-corrected chi connectivity index (χ3v) is 4.34. The van der Waals surface area contributed by atoms with E-state index in [1.165, 1.54) is 24.8 Å². The van der Waals surface area contributed by atoms with Crippen molar-refractivity contribution in [2.75, 3.05) is 34.0 Å². The smallest absolute Gasteiger partial charge is 0.161 e. The lowest BCUT2D eigenvalue weighted by atomic mass is 9.73. The Morgan fingerprint density at radius 1 is 1.19 bits per heavy atom. The van der Waals surface area contributed by atoms with E-state index in [2.05, 4.69) is 12.1 Å². The molecule has 4 heteroatoms. The average molecular weight is 293 g/mol. The third kappa shape index (κ3) is 4.11. The van der Waals surface area contributed by atoms with E-state index >= 15 is 0 Å². The number of nitrogens with two attached hydrogens (primary N) is 1. The Kier molecular flexibility index (Phi) is 6.33. The molecule has 0 aromatic heterocycles. The summed E-state index contributed by atoms with van der Waals surface area (Å²) in [6.45, 7) is 2.03. The van der Waals surface area contributed by atoms with E-state index < -0.39 is 0 Å². The Morgan fingerprint density at radius 2 is 2.00 bits per heavy atom. The Hall–Kier alpha value is -1.26. The summed E-state index contributed by atoms with van der Waals surface area (Å²) in [5.74, 6) is 2.75. The van der Waals surface area contributed by atoms with Gasteiger partial charge in [-0.15, -0.1) is 0 Å². The summed E-state index contributed by atoms with van der Waals surface area (Å²) >= 11 is 0. The fraction of sp³-hybridized carbons (Fsp3) is 0.647. The summed E-state index contributed by atoms with van der Waals surface area (Å²) in [7, 11) is 3.37. The van der Waals surface area contributed by atoms with Crippen LogP contribution in [0.15, 0.2) is 18.2 Å². The van der Waals surface area contributed by atoms with Crippen molar-refractivity contribution in [1.82, 2.24) is 0 Å². The predicted octanol–water partition coefficient (Wildman–Crippen LogP) is 2.95. The van der Waals surface area contributed by atoms with Crippen LogP contribution in [-0.2, 0) is 4.74 Å². The molecule has 0 aliphatic heterocycles. The molecule has 1 saturated carbocycles. The van der Waals surface area contributed by atoms with E-state index in [-0.39, 0.29) is 0 Å². The second-order valence-corrected chi connectivity index (χ2v) is 5.64. The molecule has 2 N–H and O–H groups in total. The quantitative estimate of drug-likeness (QED) is 0.711. The van der Waals surface area contributed by atoms with E-state index in [1.807, 2.05) is 6.07 Å². The number of hydrogen-bond acceptors (Lipinski definition) is 4. The first kappa shape index (κ1) is 16.1. The van der Waals surface area contributed by atoms with Crippen LogP contribution < -0.4 is 15.2 Å². The highest BCUT2D eigenvalue weighted by Gasteiger charge is 2.28. The van der Waals surface area contributed by atoms with Crippen molar-refractivity contribution in [2.24, 2.45) is 11.7 Å². The van der Waals surface area contributed by atoms with Crippen LogP contribution in [0, 0.1) is 5.92 Å². The lowest BCUT2D eigenvalue weighted by Gasteiger charge is -2.33. The van der Waals surface area contributed by atoms with E-state index in [9.17, 15) is 0 Å². The van der Waals surface area contributed by atoms with Crippen molar-refractivity contribution in [1.29, 1.82) is 0 Å². The van der Waals surface area contributed by atoms with Crippen LogP contribution in [0.1, 0.15) is 37.2 Å². The standard InChI is InChI=1S/C17H27NO3/c1-19-9-4-10-21-17-11-14(7-8-16(17)20-2)15(12-18)13-5-3-6-13/h7-8,11,13,15H,3-6,9-10,12,18H2,1-2H3. The summed E-state index contributed by atoms with van der Waals surface area (Å²) in [5.41, 5.74) is 7.26. The number of ether oxygens (including phenoxy) is 3. The fourth-order valence-electron chi connectivity index (χ4n) is 2.87. The molecule has 1 aromatic carbocycles. The Balaban J connectivity index is 2.07. The molecule has 0 saturated heterocycles. The van der Waals surface area contributed by atoms with Gasteiger partial charge in [-0.1, -0.05) is 12.5 Å². The molecule has 1 atom stereocenters. The van der Waals surface area contributed by atoms with E-state index in [4.69, 9.17) is 19.9 Å². The molecule has 0 amide bonds. The third-order valence-electron chi connectivity index (χ3n) is 4.34. The van der Waals surface area contributed by atoms with Gasteiger partial charge in [0.1, 0.15) is 0 Å². The summed E-state index contributed by atoms with van der Waals surface area (Å²) in [5, 5.41) is 0. The van der Waals surface area contributed by atoms with E-state index in [1.54, 1.807) is 14.2 Å². The van der Waals surface area contributed by atoms with Crippen molar-refractivity contribution in [3.63, 3.8) is 0 Å². The van der Waals surface area contributed by atoms with Crippen LogP contribution >= 0.6 is 0 Å². The molecule has 1 aliphatic carbocycles. The maximum absolute atomic E-state index is 5.99. The summed E-state index contributed by atoms with van der Waals surface area (Å²) in [4.78, 5) is 0. The van der Waals surface area contributed by atoms with Crippen LogP contribution in [0.3, 0.4) is 0 Å². The second-order valence-electron chi connectivity index (χ2n) is 5.64. The van der Waals surface area contributed by atoms with Crippen LogP contribution in [0.25, 0.3) is 0 Å². The monoisotopic (exact) mass is 293 g/mol. The molecule has 1 fully saturated rings. The van der Waals surface area contributed by atoms with Gasteiger partial charge in [-0.25, -0.2) is 0 Å². The molecule has 0 heterocycles.